The van der Waals surface area contributed by atoms with Gasteiger partial charge in [0.25, 0.3) is 0 Å². The van der Waals surface area contributed by atoms with Crippen LogP contribution < -0.4 is 10.5 Å². The van der Waals surface area contributed by atoms with Crippen molar-refractivity contribution in [2.45, 2.75) is 13.3 Å². The standard InChI is InChI=1S/C11H14ClNO/c1-11(6-13)5-8-4-9(12)2-3-10(8)14-7-11/h2-4H,5-7,13H2,1H3. The van der Waals surface area contributed by atoms with Gasteiger partial charge in [-0.05, 0) is 30.2 Å². The van der Waals surface area contributed by atoms with Crippen molar-refractivity contribution in [3.63, 3.8) is 0 Å². The van der Waals surface area contributed by atoms with Crippen molar-refractivity contribution in [3.05, 3.63) is 28.8 Å². The van der Waals surface area contributed by atoms with Crippen molar-refractivity contribution < 1.29 is 4.74 Å². The summed E-state index contributed by atoms with van der Waals surface area (Å²) < 4.78 is 5.65. The van der Waals surface area contributed by atoms with E-state index in [1.807, 2.05) is 18.2 Å². The molecule has 0 spiro atoms. The van der Waals surface area contributed by atoms with Gasteiger partial charge < -0.3 is 10.5 Å². The molecule has 0 saturated carbocycles. The minimum atomic E-state index is 0.0533. The fourth-order valence-electron chi connectivity index (χ4n) is 1.72. The van der Waals surface area contributed by atoms with Crippen molar-refractivity contribution in [3.8, 4) is 5.75 Å². The number of hydrogen-bond donors (Lipinski definition) is 1. The average Bonchev–Trinajstić information content (AvgIpc) is 2.17. The topological polar surface area (TPSA) is 35.2 Å². The van der Waals surface area contributed by atoms with Gasteiger partial charge in [0.05, 0.1) is 6.61 Å². The molecule has 0 aliphatic carbocycles. The zero-order chi connectivity index (χ0) is 10.2. The van der Waals surface area contributed by atoms with Gasteiger partial charge in [-0.1, -0.05) is 18.5 Å². The molecular weight excluding hydrogens is 198 g/mol. The Kier molecular flexibility index (Phi) is 2.41. The Morgan fingerprint density at radius 2 is 2.36 bits per heavy atom. The molecule has 1 aromatic rings. The lowest BCUT2D eigenvalue weighted by atomic mass is 9.82. The molecule has 2 N–H and O–H groups in total. The first-order valence-corrected chi connectivity index (χ1v) is 5.12. The molecule has 76 valence electrons. The maximum atomic E-state index is 5.93. The fourth-order valence-corrected chi connectivity index (χ4v) is 1.92. The van der Waals surface area contributed by atoms with Gasteiger partial charge in [0, 0.05) is 17.0 Å². The van der Waals surface area contributed by atoms with Crippen LogP contribution in [0.25, 0.3) is 0 Å². The first-order valence-electron chi connectivity index (χ1n) is 4.74. The number of rotatable bonds is 1. The fraction of sp³-hybridized carbons (Fsp3) is 0.455. The highest BCUT2D eigenvalue weighted by atomic mass is 35.5. The Morgan fingerprint density at radius 3 is 3.07 bits per heavy atom. The van der Waals surface area contributed by atoms with E-state index in [-0.39, 0.29) is 5.41 Å². The Hall–Kier alpha value is -0.730. The largest absolute Gasteiger partial charge is 0.493 e. The van der Waals surface area contributed by atoms with Crippen LogP contribution in [0.1, 0.15) is 12.5 Å². The molecular formula is C11H14ClNO. The van der Waals surface area contributed by atoms with Crippen LogP contribution in [0.5, 0.6) is 5.75 Å². The monoisotopic (exact) mass is 211 g/mol. The highest BCUT2D eigenvalue weighted by Gasteiger charge is 2.29. The molecule has 0 fully saturated rings. The zero-order valence-corrected chi connectivity index (χ0v) is 8.97. The van der Waals surface area contributed by atoms with E-state index in [4.69, 9.17) is 22.1 Å². The summed E-state index contributed by atoms with van der Waals surface area (Å²) in [6.07, 6.45) is 0.944. The molecule has 2 rings (SSSR count). The maximum Gasteiger partial charge on any atom is 0.122 e. The summed E-state index contributed by atoms with van der Waals surface area (Å²) in [4.78, 5) is 0. The van der Waals surface area contributed by atoms with Gasteiger partial charge in [0.2, 0.25) is 0 Å². The second kappa shape index (κ2) is 3.44. The molecule has 1 unspecified atom stereocenters. The highest BCUT2D eigenvalue weighted by molar-refractivity contribution is 6.30. The number of ether oxygens (including phenoxy) is 1. The Bertz CT molecular complexity index is 353. The van der Waals surface area contributed by atoms with Crippen molar-refractivity contribution >= 4 is 11.6 Å². The summed E-state index contributed by atoms with van der Waals surface area (Å²) in [6.45, 7) is 3.47. The van der Waals surface area contributed by atoms with Crippen LogP contribution in [0.2, 0.25) is 5.02 Å². The first kappa shape index (κ1) is 9.81. The van der Waals surface area contributed by atoms with Crippen molar-refractivity contribution in [1.29, 1.82) is 0 Å². The molecule has 0 saturated heterocycles. The summed E-state index contributed by atoms with van der Waals surface area (Å²) in [7, 11) is 0. The van der Waals surface area contributed by atoms with E-state index in [0.29, 0.717) is 13.2 Å². The van der Waals surface area contributed by atoms with Gasteiger partial charge in [-0.15, -0.1) is 0 Å². The van der Waals surface area contributed by atoms with E-state index < -0.39 is 0 Å². The third-order valence-electron chi connectivity index (χ3n) is 2.71. The molecule has 3 heteroatoms. The quantitative estimate of drug-likeness (QED) is 0.774. The number of halogens is 1. The van der Waals surface area contributed by atoms with Crippen molar-refractivity contribution in [1.82, 2.24) is 0 Å². The van der Waals surface area contributed by atoms with Crippen LogP contribution in [-0.2, 0) is 6.42 Å². The summed E-state index contributed by atoms with van der Waals surface area (Å²) in [6, 6.07) is 5.74. The van der Waals surface area contributed by atoms with E-state index in [1.165, 1.54) is 0 Å². The van der Waals surface area contributed by atoms with E-state index in [9.17, 15) is 0 Å². The summed E-state index contributed by atoms with van der Waals surface area (Å²) >= 11 is 5.93. The normalized spacial score (nSPS) is 25.4. The minimum Gasteiger partial charge on any atom is -0.493 e. The van der Waals surface area contributed by atoms with E-state index in [1.54, 1.807) is 0 Å². The second-order valence-corrected chi connectivity index (χ2v) is 4.67. The van der Waals surface area contributed by atoms with Gasteiger partial charge in [-0.2, -0.15) is 0 Å². The average molecular weight is 212 g/mol. The van der Waals surface area contributed by atoms with Crippen LogP contribution in [-0.4, -0.2) is 13.2 Å². The number of fused-ring (bicyclic) bond motifs is 1. The number of hydrogen-bond acceptors (Lipinski definition) is 2. The molecule has 14 heavy (non-hydrogen) atoms. The Labute approximate surface area is 89.0 Å². The van der Waals surface area contributed by atoms with Gasteiger partial charge in [-0.3, -0.25) is 0 Å². The summed E-state index contributed by atoms with van der Waals surface area (Å²) in [5, 5.41) is 0.758. The molecule has 1 aliphatic heterocycles. The molecule has 0 bridgehead atoms. The molecule has 2 nitrogen and oxygen atoms in total. The lowest BCUT2D eigenvalue weighted by Crippen LogP contribution is -2.38. The Morgan fingerprint density at radius 1 is 1.57 bits per heavy atom. The van der Waals surface area contributed by atoms with E-state index in [2.05, 4.69) is 6.92 Å². The van der Waals surface area contributed by atoms with Crippen LogP contribution in [0.3, 0.4) is 0 Å². The minimum absolute atomic E-state index is 0.0533. The van der Waals surface area contributed by atoms with Crippen molar-refractivity contribution in [2.75, 3.05) is 13.2 Å². The van der Waals surface area contributed by atoms with Crippen LogP contribution in [0.4, 0.5) is 0 Å². The summed E-state index contributed by atoms with van der Waals surface area (Å²) in [5.41, 5.74) is 6.94. The van der Waals surface area contributed by atoms with Crippen molar-refractivity contribution in [2.24, 2.45) is 11.1 Å². The second-order valence-electron chi connectivity index (χ2n) is 4.23. The maximum absolute atomic E-state index is 5.93. The smallest absolute Gasteiger partial charge is 0.122 e. The molecule has 1 aliphatic rings. The van der Waals surface area contributed by atoms with Gasteiger partial charge in [0.15, 0.2) is 0 Å². The Balaban J connectivity index is 2.33. The molecule has 0 amide bonds. The van der Waals surface area contributed by atoms with E-state index in [0.717, 1.165) is 22.8 Å². The molecule has 1 aromatic carbocycles. The van der Waals surface area contributed by atoms with Gasteiger partial charge in [0.1, 0.15) is 5.75 Å². The van der Waals surface area contributed by atoms with Crippen LogP contribution >= 0.6 is 11.6 Å². The summed E-state index contributed by atoms with van der Waals surface area (Å²) in [5.74, 6) is 0.945. The van der Waals surface area contributed by atoms with Crippen LogP contribution in [0, 0.1) is 5.41 Å². The van der Waals surface area contributed by atoms with Gasteiger partial charge in [-0.25, -0.2) is 0 Å². The number of nitrogens with two attached hydrogens (primary N) is 1. The highest BCUT2D eigenvalue weighted by Crippen LogP contribution is 2.34. The van der Waals surface area contributed by atoms with Gasteiger partial charge >= 0.3 is 0 Å². The molecule has 0 aromatic heterocycles. The van der Waals surface area contributed by atoms with E-state index >= 15 is 0 Å². The predicted octanol–water partition coefficient (Wildman–Crippen LogP) is 2.24. The third-order valence-corrected chi connectivity index (χ3v) is 2.94. The third kappa shape index (κ3) is 1.72. The zero-order valence-electron chi connectivity index (χ0n) is 8.22. The SMILES string of the molecule is CC1(CN)COc2ccc(Cl)cc2C1. The first-order chi connectivity index (χ1) is 6.63. The predicted molar refractivity (Wildman–Crippen MR) is 57.8 cm³/mol. The molecule has 0 radical (unpaired) electrons. The lowest BCUT2D eigenvalue weighted by molar-refractivity contribution is 0.144. The molecule has 1 atom stereocenters. The molecule has 1 heterocycles. The lowest BCUT2D eigenvalue weighted by Gasteiger charge is -2.33. The van der Waals surface area contributed by atoms with Crippen LogP contribution in [0.15, 0.2) is 18.2 Å². The number of benzene rings is 1.